The minimum absolute atomic E-state index is 0.0411. The van der Waals surface area contributed by atoms with Gasteiger partial charge in [0.15, 0.2) is 0 Å². The van der Waals surface area contributed by atoms with E-state index in [9.17, 15) is 0 Å². The first-order chi connectivity index (χ1) is 9.66. The van der Waals surface area contributed by atoms with Crippen LogP contribution in [0.4, 0.5) is 0 Å². The number of para-hydroxylation sites is 1. The van der Waals surface area contributed by atoms with Crippen LogP contribution in [0.25, 0.3) is 0 Å². The van der Waals surface area contributed by atoms with Crippen molar-refractivity contribution in [2.24, 2.45) is 5.73 Å². The normalized spacial score (nSPS) is 11.9. The van der Waals surface area contributed by atoms with Crippen LogP contribution < -0.4 is 15.2 Å². The average Bonchev–Trinajstić information content (AvgIpc) is 2.44. The lowest BCUT2D eigenvalue weighted by molar-refractivity contribution is 0.215. The summed E-state index contributed by atoms with van der Waals surface area (Å²) in [5.41, 5.74) is 8.13. The van der Waals surface area contributed by atoms with Crippen LogP contribution in [-0.2, 0) is 0 Å². The molecular weight excluding hydrogens is 250 g/mol. The van der Waals surface area contributed by atoms with Crippen LogP contribution in [0.15, 0.2) is 48.5 Å². The Balaban J connectivity index is 1.89. The van der Waals surface area contributed by atoms with Crippen LogP contribution >= 0.6 is 0 Å². The fourth-order valence-corrected chi connectivity index (χ4v) is 1.97. The molecule has 2 aromatic carbocycles. The zero-order valence-corrected chi connectivity index (χ0v) is 12.0. The maximum absolute atomic E-state index is 5.95. The Morgan fingerprint density at radius 1 is 1.00 bits per heavy atom. The summed E-state index contributed by atoms with van der Waals surface area (Å²) in [4.78, 5) is 0. The molecule has 2 N–H and O–H groups in total. The molecule has 3 nitrogen and oxygen atoms in total. The molecule has 1 atom stereocenters. The third-order valence-corrected chi connectivity index (χ3v) is 3.01. The van der Waals surface area contributed by atoms with Crippen LogP contribution in [0.5, 0.6) is 11.5 Å². The maximum Gasteiger partial charge on any atom is 0.124 e. The molecule has 0 unspecified atom stereocenters. The van der Waals surface area contributed by atoms with Gasteiger partial charge in [0.2, 0.25) is 0 Å². The van der Waals surface area contributed by atoms with Crippen LogP contribution in [0.3, 0.4) is 0 Å². The van der Waals surface area contributed by atoms with Crippen molar-refractivity contribution in [2.75, 3.05) is 13.2 Å². The van der Waals surface area contributed by atoms with Crippen molar-refractivity contribution < 1.29 is 9.47 Å². The molecule has 3 heteroatoms. The Morgan fingerprint density at radius 2 is 1.70 bits per heavy atom. The minimum atomic E-state index is -0.0411. The molecule has 0 saturated carbocycles. The van der Waals surface area contributed by atoms with E-state index < -0.39 is 0 Å². The molecule has 0 radical (unpaired) electrons. The van der Waals surface area contributed by atoms with Gasteiger partial charge in [-0.2, -0.15) is 0 Å². The zero-order valence-electron chi connectivity index (χ0n) is 12.0. The second-order valence-corrected chi connectivity index (χ2v) is 4.84. The molecular formula is C17H21NO2. The molecule has 2 aromatic rings. The Labute approximate surface area is 120 Å². The number of aryl methyl sites for hydroxylation is 1. The SMILES string of the molecule is Cc1ccc([C@H](C)N)c(OCCOc2ccccc2)c1. The molecule has 20 heavy (non-hydrogen) atoms. The van der Waals surface area contributed by atoms with Crippen LogP contribution in [-0.4, -0.2) is 13.2 Å². The van der Waals surface area contributed by atoms with Gasteiger partial charge in [0.25, 0.3) is 0 Å². The van der Waals surface area contributed by atoms with Gasteiger partial charge in [-0.3, -0.25) is 0 Å². The first-order valence-electron chi connectivity index (χ1n) is 6.83. The molecule has 0 aliphatic carbocycles. The van der Waals surface area contributed by atoms with E-state index in [1.807, 2.05) is 62.4 Å². The molecule has 0 aliphatic rings. The van der Waals surface area contributed by atoms with Gasteiger partial charge in [-0.05, 0) is 37.6 Å². The van der Waals surface area contributed by atoms with Crippen molar-refractivity contribution in [1.82, 2.24) is 0 Å². The summed E-state index contributed by atoms with van der Waals surface area (Å²) >= 11 is 0. The van der Waals surface area contributed by atoms with Crippen LogP contribution in [0.1, 0.15) is 24.1 Å². The Kier molecular flexibility index (Phi) is 5.02. The van der Waals surface area contributed by atoms with Gasteiger partial charge in [-0.25, -0.2) is 0 Å². The molecule has 0 aliphatic heterocycles. The second kappa shape index (κ2) is 6.96. The number of hydrogen-bond donors (Lipinski definition) is 1. The third kappa shape index (κ3) is 4.00. The van der Waals surface area contributed by atoms with Gasteiger partial charge in [0.05, 0.1) is 0 Å². The maximum atomic E-state index is 5.95. The van der Waals surface area contributed by atoms with E-state index in [1.54, 1.807) is 0 Å². The number of rotatable bonds is 6. The minimum Gasteiger partial charge on any atom is -0.490 e. The highest BCUT2D eigenvalue weighted by atomic mass is 16.5. The van der Waals surface area contributed by atoms with Crippen molar-refractivity contribution in [3.05, 3.63) is 59.7 Å². The standard InChI is InChI=1S/C17H21NO2/c1-13-8-9-16(14(2)18)17(12-13)20-11-10-19-15-6-4-3-5-7-15/h3-9,12,14H,10-11,18H2,1-2H3/t14-/m0/s1. The van der Waals surface area contributed by atoms with Crippen molar-refractivity contribution in [2.45, 2.75) is 19.9 Å². The largest absolute Gasteiger partial charge is 0.490 e. The van der Waals surface area contributed by atoms with E-state index in [-0.39, 0.29) is 6.04 Å². The predicted molar refractivity (Wildman–Crippen MR) is 81.2 cm³/mol. The van der Waals surface area contributed by atoms with E-state index in [4.69, 9.17) is 15.2 Å². The van der Waals surface area contributed by atoms with Gasteiger partial charge >= 0.3 is 0 Å². The Morgan fingerprint density at radius 3 is 2.40 bits per heavy atom. The molecule has 0 heterocycles. The number of benzene rings is 2. The highest BCUT2D eigenvalue weighted by molar-refractivity contribution is 5.38. The van der Waals surface area contributed by atoms with E-state index in [0.29, 0.717) is 13.2 Å². The number of ether oxygens (including phenoxy) is 2. The van der Waals surface area contributed by atoms with Crippen molar-refractivity contribution in [3.8, 4) is 11.5 Å². The van der Waals surface area contributed by atoms with Gasteiger partial charge in [0, 0.05) is 11.6 Å². The predicted octanol–water partition coefficient (Wildman–Crippen LogP) is 3.47. The Hall–Kier alpha value is -2.00. The van der Waals surface area contributed by atoms with Gasteiger partial charge in [-0.1, -0.05) is 30.3 Å². The van der Waals surface area contributed by atoms with Crippen molar-refractivity contribution >= 4 is 0 Å². The zero-order chi connectivity index (χ0) is 14.4. The van der Waals surface area contributed by atoms with E-state index in [1.165, 1.54) is 0 Å². The molecule has 0 amide bonds. The lowest BCUT2D eigenvalue weighted by Gasteiger charge is -2.15. The number of nitrogens with two attached hydrogens (primary N) is 1. The van der Waals surface area contributed by atoms with Gasteiger partial charge in [0.1, 0.15) is 24.7 Å². The van der Waals surface area contributed by atoms with E-state index in [2.05, 4.69) is 0 Å². The lowest BCUT2D eigenvalue weighted by Crippen LogP contribution is -2.12. The summed E-state index contributed by atoms with van der Waals surface area (Å²) in [5, 5.41) is 0. The monoisotopic (exact) mass is 271 g/mol. The van der Waals surface area contributed by atoms with Crippen molar-refractivity contribution in [1.29, 1.82) is 0 Å². The fourth-order valence-electron chi connectivity index (χ4n) is 1.97. The van der Waals surface area contributed by atoms with E-state index in [0.717, 1.165) is 22.6 Å². The van der Waals surface area contributed by atoms with Crippen molar-refractivity contribution in [3.63, 3.8) is 0 Å². The molecule has 2 rings (SSSR count). The molecule has 0 fully saturated rings. The van der Waals surface area contributed by atoms with Crippen LogP contribution in [0, 0.1) is 6.92 Å². The fraction of sp³-hybridized carbons (Fsp3) is 0.294. The lowest BCUT2D eigenvalue weighted by atomic mass is 10.1. The molecule has 106 valence electrons. The molecule has 0 spiro atoms. The summed E-state index contributed by atoms with van der Waals surface area (Å²) in [6.07, 6.45) is 0. The molecule has 0 aromatic heterocycles. The topological polar surface area (TPSA) is 44.5 Å². The average molecular weight is 271 g/mol. The molecule has 0 bridgehead atoms. The second-order valence-electron chi connectivity index (χ2n) is 4.84. The van der Waals surface area contributed by atoms with Gasteiger partial charge < -0.3 is 15.2 Å². The highest BCUT2D eigenvalue weighted by Crippen LogP contribution is 2.25. The summed E-state index contributed by atoms with van der Waals surface area (Å²) in [6, 6.07) is 15.8. The summed E-state index contributed by atoms with van der Waals surface area (Å²) < 4.78 is 11.4. The summed E-state index contributed by atoms with van der Waals surface area (Å²) in [6.45, 7) is 5.00. The van der Waals surface area contributed by atoms with Crippen LogP contribution in [0.2, 0.25) is 0 Å². The van der Waals surface area contributed by atoms with Gasteiger partial charge in [-0.15, -0.1) is 0 Å². The summed E-state index contributed by atoms with van der Waals surface area (Å²) in [5.74, 6) is 1.70. The smallest absolute Gasteiger partial charge is 0.124 e. The first kappa shape index (κ1) is 14.4. The first-order valence-corrected chi connectivity index (χ1v) is 6.83. The molecule has 0 saturated heterocycles. The number of hydrogen-bond acceptors (Lipinski definition) is 3. The Bertz CT molecular complexity index is 538. The highest BCUT2D eigenvalue weighted by Gasteiger charge is 2.08. The quantitative estimate of drug-likeness (QED) is 0.818. The summed E-state index contributed by atoms with van der Waals surface area (Å²) in [7, 11) is 0. The third-order valence-electron chi connectivity index (χ3n) is 3.01. The van der Waals surface area contributed by atoms with E-state index >= 15 is 0 Å².